The summed E-state index contributed by atoms with van der Waals surface area (Å²) in [6.07, 6.45) is 2.20. The van der Waals surface area contributed by atoms with E-state index in [1.54, 1.807) is 48.8 Å². The Morgan fingerprint density at radius 2 is 1.74 bits per heavy atom. The van der Waals surface area contributed by atoms with Crippen LogP contribution in [0.25, 0.3) is 11.4 Å². The van der Waals surface area contributed by atoms with Crippen LogP contribution < -0.4 is 5.32 Å². The van der Waals surface area contributed by atoms with Crippen LogP contribution in [0.4, 0.5) is 5.69 Å². The van der Waals surface area contributed by atoms with E-state index >= 15 is 0 Å². The highest BCUT2D eigenvalue weighted by Crippen LogP contribution is 2.19. The highest BCUT2D eigenvalue weighted by Gasteiger charge is 2.19. The summed E-state index contributed by atoms with van der Waals surface area (Å²) in [5.41, 5.74) is 3.75. The van der Waals surface area contributed by atoms with E-state index in [0.29, 0.717) is 11.3 Å². The van der Waals surface area contributed by atoms with Gasteiger partial charge in [0.05, 0.1) is 11.3 Å². The smallest absolute Gasteiger partial charge is 0.338 e. The van der Waals surface area contributed by atoms with Gasteiger partial charge in [0, 0.05) is 29.3 Å². The molecule has 0 aliphatic heterocycles. The molecule has 27 heavy (non-hydrogen) atoms. The maximum atomic E-state index is 12.3. The number of hydrogen-bond donors (Lipinski definition) is 2. The van der Waals surface area contributed by atoms with Crippen LogP contribution in [-0.4, -0.2) is 32.9 Å². The van der Waals surface area contributed by atoms with Crippen molar-refractivity contribution in [3.8, 4) is 11.4 Å². The number of carbonyl (C=O) groups is 2. The zero-order valence-electron chi connectivity index (χ0n) is 15.3. The Hall–Kier alpha value is -3.48. The number of aromatic amines is 1. The predicted molar refractivity (Wildman–Crippen MR) is 101 cm³/mol. The number of benzene rings is 1. The van der Waals surface area contributed by atoms with Gasteiger partial charge in [-0.25, -0.2) is 9.78 Å². The lowest BCUT2D eigenvalue weighted by atomic mass is 10.1. The molecule has 1 aromatic carbocycles. The van der Waals surface area contributed by atoms with Crippen molar-refractivity contribution < 1.29 is 14.3 Å². The fraction of sp³-hybridized carbons (Fsp3) is 0.200. The average Bonchev–Trinajstić information content (AvgIpc) is 3.01. The van der Waals surface area contributed by atoms with Crippen molar-refractivity contribution >= 4 is 17.6 Å². The number of nitrogens with one attached hydrogen (secondary N) is 2. The molecule has 0 bridgehead atoms. The van der Waals surface area contributed by atoms with E-state index in [-0.39, 0.29) is 0 Å². The minimum absolute atomic E-state index is 0.363. The number of hydrogen-bond acceptors (Lipinski definition) is 5. The van der Waals surface area contributed by atoms with E-state index in [2.05, 4.69) is 20.3 Å². The van der Waals surface area contributed by atoms with Crippen molar-refractivity contribution in [3.05, 3.63) is 65.7 Å². The number of anilines is 1. The van der Waals surface area contributed by atoms with Gasteiger partial charge < -0.3 is 15.0 Å². The fourth-order valence-corrected chi connectivity index (χ4v) is 2.41. The molecule has 1 unspecified atom stereocenters. The van der Waals surface area contributed by atoms with Crippen molar-refractivity contribution in [1.82, 2.24) is 15.0 Å². The second-order valence-electron chi connectivity index (χ2n) is 6.15. The maximum Gasteiger partial charge on any atom is 0.338 e. The molecule has 138 valence electrons. The number of rotatable bonds is 5. The number of carbonyl (C=O) groups excluding carboxylic acids is 2. The standard InChI is InChI=1S/C20H20N4O3/c1-12-13(2)23-18(22-12)15-4-6-16(7-5-15)20(26)27-14(3)19(25)24-17-8-10-21-11-9-17/h4-11,14H,1-3H3,(H,22,23)(H,21,24,25). The molecule has 2 aromatic heterocycles. The van der Waals surface area contributed by atoms with Gasteiger partial charge in [0.25, 0.3) is 5.91 Å². The van der Waals surface area contributed by atoms with Gasteiger partial charge in [-0.2, -0.15) is 0 Å². The quantitative estimate of drug-likeness (QED) is 0.677. The van der Waals surface area contributed by atoms with Crippen LogP contribution in [-0.2, 0) is 9.53 Å². The van der Waals surface area contributed by atoms with Crippen LogP contribution in [0.2, 0.25) is 0 Å². The van der Waals surface area contributed by atoms with Crippen LogP contribution in [0, 0.1) is 13.8 Å². The molecule has 0 spiro atoms. The molecule has 0 saturated carbocycles. The average molecular weight is 364 g/mol. The Kier molecular flexibility index (Phi) is 5.30. The number of esters is 1. The van der Waals surface area contributed by atoms with Crippen LogP contribution in [0.3, 0.4) is 0 Å². The topological polar surface area (TPSA) is 97.0 Å². The van der Waals surface area contributed by atoms with Gasteiger partial charge >= 0.3 is 5.97 Å². The van der Waals surface area contributed by atoms with Gasteiger partial charge in [-0.05, 0) is 45.0 Å². The molecule has 2 heterocycles. The van der Waals surface area contributed by atoms with E-state index in [1.807, 2.05) is 13.8 Å². The number of pyridine rings is 1. The molecular formula is C20H20N4O3. The Morgan fingerprint density at radius 3 is 2.33 bits per heavy atom. The SMILES string of the molecule is Cc1nc(-c2ccc(C(=O)OC(C)C(=O)Nc3ccncc3)cc2)[nH]c1C. The molecule has 3 aromatic rings. The number of H-pyrrole nitrogens is 1. The summed E-state index contributed by atoms with van der Waals surface area (Å²) in [6.45, 7) is 5.41. The summed E-state index contributed by atoms with van der Waals surface area (Å²) in [6, 6.07) is 10.2. The first kappa shape index (κ1) is 18.3. The van der Waals surface area contributed by atoms with Gasteiger partial charge in [0.15, 0.2) is 6.10 Å². The molecule has 1 amide bonds. The molecule has 2 N–H and O–H groups in total. The number of aromatic nitrogens is 3. The van der Waals surface area contributed by atoms with Gasteiger partial charge in [0.1, 0.15) is 5.82 Å². The second kappa shape index (κ2) is 7.82. The third-order valence-electron chi connectivity index (χ3n) is 4.12. The number of ether oxygens (including phenoxy) is 1. The van der Waals surface area contributed by atoms with Crippen LogP contribution in [0.15, 0.2) is 48.8 Å². The lowest BCUT2D eigenvalue weighted by molar-refractivity contribution is -0.123. The zero-order chi connectivity index (χ0) is 19.4. The van der Waals surface area contributed by atoms with Crippen LogP contribution in [0.1, 0.15) is 28.7 Å². The number of amides is 1. The molecule has 1 atom stereocenters. The minimum Gasteiger partial charge on any atom is -0.449 e. The number of imidazole rings is 1. The summed E-state index contributed by atoms with van der Waals surface area (Å²) in [7, 11) is 0. The van der Waals surface area contributed by atoms with Gasteiger partial charge in [-0.3, -0.25) is 9.78 Å². The van der Waals surface area contributed by atoms with Crippen molar-refractivity contribution in [1.29, 1.82) is 0 Å². The fourth-order valence-electron chi connectivity index (χ4n) is 2.41. The molecule has 7 heteroatoms. The summed E-state index contributed by atoms with van der Waals surface area (Å²) < 4.78 is 5.25. The summed E-state index contributed by atoms with van der Waals surface area (Å²) in [4.78, 5) is 35.9. The van der Waals surface area contributed by atoms with E-state index in [1.165, 1.54) is 6.92 Å². The van der Waals surface area contributed by atoms with E-state index in [0.717, 1.165) is 22.8 Å². The largest absolute Gasteiger partial charge is 0.449 e. The molecule has 0 saturated heterocycles. The number of nitrogens with zero attached hydrogens (tertiary/aromatic N) is 2. The van der Waals surface area contributed by atoms with Crippen molar-refractivity contribution in [2.45, 2.75) is 26.9 Å². The van der Waals surface area contributed by atoms with E-state index in [9.17, 15) is 9.59 Å². The second-order valence-corrected chi connectivity index (χ2v) is 6.15. The first-order chi connectivity index (χ1) is 12.9. The molecule has 0 fully saturated rings. The third kappa shape index (κ3) is 4.38. The predicted octanol–water partition coefficient (Wildman–Crippen LogP) is 3.27. The molecule has 0 aliphatic rings. The summed E-state index contributed by atoms with van der Waals surface area (Å²) in [5.74, 6) is -0.228. The Balaban J connectivity index is 1.62. The molecule has 0 aliphatic carbocycles. The van der Waals surface area contributed by atoms with Crippen molar-refractivity contribution in [2.24, 2.45) is 0 Å². The maximum absolute atomic E-state index is 12.3. The third-order valence-corrected chi connectivity index (χ3v) is 4.12. The summed E-state index contributed by atoms with van der Waals surface area (Å²) >= 11 is 0. The van der Waals surface area contributed by atoms with Crippen LogP contribution in [0.5, 0.6) is 0 Å². The summed E-state index contributed by atoms with van der Waals surface area (Å²) in [5, 5.41) is 2.67. The van der Waals surface area contributed by atoms with Gasteiger partial charge in [-0.1, -0.05) is 12.1 Å². The van der Waals surface area contributed by atoms with Crippen molar-refractivity contribution in [2.75, 3.05) is 5.32 Å². The first-order valence-corrected chi connectivity index (χ1v) is 8.49. The first-order valence-electron chi connectivity index (χ1n) is 8.49. The van der Waals surface area contributed by atoms with E-state index in [4.69, 9.17) is 4.74 Å². The highest BCUT2D eigenvalue weighted by molar-refractivity contribution is 5.97. The molecule has 3 rings (SSSR count). The molecule has 0 radical (unpaired) electrons. The Bertz CT molecular complexity index is 930. The van der Waals surface area contributed by atoms with Gasteiger partial charge in [-0.15, -0.1) is 0 Å². The van der Waals surface area contributed by atoms with Crippen molar-refractivity contribution in [3.63, 3.8) is 0 Å². The lowest BCUT2D eigenvalue weighted by Gasteiger charge is -2.13. The highest BCUT2D eigenvalue weighted by atomic mass is 16.5. The minimum atomic E-state index is -0.930. The Labute approximate surface area is 156 Å². The van der Waals surface area contributed by atoms with Gasteiger partial charge in [0.2, 0.25) is 0 Å². The normalized spacial score (nSPS) is 11.7. The van der Waals surface area contributed by atoms with E-state index < -0.39 is 18.0 Å². The van der Waals surface area contributed by atoms with Crippen LogP contribution >= 0.6 is 0 Å². The zero-order valence-corrected chi connectivity index (χ0v) is 15.3. The Morgan fingerprint density at radius 1 is 1.07 bits per heavy atom. The number of aryl methyl sites for hydroxylation is 2. The molecular weight excluding hydrogens is 344 g/mol. The monoisotopic (exact) mass is 364 g/mol. The molecule has 7 nitrogen and oxygen atoms in total. The lowest BCUT2D eigenvalue weighted by Crippen LogP contribution is -2.30.